The molecule has 0 spiro atoms. The van der Waals surface area contributed by atoms with Crippen molar-refractivity contribution in [2.24, 2.45) is 7.05 Å². The van der Waals surface area contributed by atoms with Crippen LogP contribution >= 0.6 is 0 Å². The van der Waals surface area contributed by atoms with Gasteiger partial charge in [-0.3, -0.25) is 9.36 Å². The molecule has 5 heterocycles. The number of nitrogens with zero attached hydrogens (tertiary/aromatic N) is 7. The molecule has 1 aromatic carbocycles. The first kappa shape index (κ1) is 19.0. The van der Waals surface area contributed by atoms with Crippen LogP contribution in [0.2, 0.25) is 0 Å². The third-order valence-corrected chi connectivity index (χ3v) is 7.47. The van der Waals surface area contributed by atoms with Gasteiger partial charge in [0.05, 0.1) is 40.6 Å². The van der Waals surface area contributed by atoms with Crippen molar-refractivity contribution in [2.45, 2.75) is 12.5 Å². The lowest BCUT2D eigenvalue weighted by atomic mass is 10.1. The Labute approximate surface area is 183 Å². The zero-order chi connectivity index (χ0) is 21.9. The van der Waals surface area contributed by atoms with Crippen LogP contribution in [-0.2, 0) is 16.9 Å². The number of rotatable bonds is 4. The maximum atomic E-state index is 11.8. The number of aryl methyl sites for hydroxylation is 1. The van der Waals surface area contributed by atoms with Crippen LogP contribution in [0.15, 0.2) is 55.0 Å². The monoisotopic (exact) mass is 448 g/mol. The van der Waals surface area contributed by atoms with Crippen LogP contribution in [0.25, 0.3) is 27.8 Å². The minimum absolute atomic E-state index is 0.101. The Morgan fingerprint density at radius 2 is 2.03 bits per heavy atom. The van der Waals surface area contributed by atoms with E-state index in [0.717, 1.165) is 33.5 Å². The minimum Gasteiger partial charge on any atom is -0.320 e. The Kier molecular flexibility index (Phi) is 4.09. The van der Waals surface area contributed by atoms with E-state index in [4.69, 9.17) is 0 Å². The SMILES string of the molecule is Cn1cc(Nc2nc3cccc(-c4ccc5nn(C6CCS(=O)(=O)C6)cc5c4)n3n2)cn1. The highest BCUT2D eigenvalue weighted by Gasteiger charge is 2.29. The molecule has 0 radical (unpaired) electrons. The number of fused-ring (bicyclic) bond motifs is 2. The third kappa shape index (κ3) is 3.30. The van der Waals surface area contributed by atoms with Crippen molar-refractivity contribution < 1.29 is 8.42 Å². The van der Waals surface area contributed by atoms with Crippen molar-refractivity contribution in [1.29, 1.82) is 0 Å². The van der Waals surface area contributed by atoms with Gasteiger partial charge in [-0.05, 0) is 30.7 Å². The third-order valence-electron chi connectivity index (χ3n) is 5.72. The Bertz CT molecular complexity index is 1580. The van der Waals surface area contributed by atoms with Crippen molar-refractivity contribution in [3.8, 4) is 11.3 Å². The molecule has 0 bridgehead atoms. The Balaban J connectivity index is 1.36. The van der Waals surface area contributed by atoms with Crippen LogP contribution in [0, 0.1) is 0 Å². The van der Waals surface area contributed by atoms with E-state index in [-0.39, 0.29) is 17.5 Å². The molecule has 1 aliphatic rings. The number of anilines is 2. The van der Waals surface area contributed by atoms with E-state index < -0.39 is 9.84 Å². The normalized spacial score (nSPS) is 18.0. The summed E-state index contributed by atoms with van der Waals surface area (Å²) in [6.45, 7) is 0. The maximum absolute atomic E-state index is 11.8. The van der Waals surface area contributed by atoms with E-state index in [0.29, 0.717) is 12.4 Å². The molecule has 1 fully saturated rings. The van der Waals surface area contributed by atoms with E-state index >= 15 is 0 Å². The molecule has 32 heavy (non-hydrogen) atoms. The van der Waals surface area contributed by atoms with Gasteiger partial charge in [-0.15, -0.1) is 5.10 Å². The Morgan fingerprint density at radius 3 is 2.81 bits per heavy atom. The molecule has 4 aromatic heterocycles. The fourth-order valence-corrected chi connectivity index (χ4v) is 5.87. The smallest absolute Gasteiger partial charge is 0.247 e. The summed E-state index contributed by atoms with van der Waals surface area (Å²) in [6, 6.07) is 11.7. The molecule has 1 aliphatic heterocycles. The molecule has 11 heteroatoms. The van der Waals surface area contributed by atoms with Gasteiger partial charge < -0.3 is 5.32 Å². The molecule has 1 saturated heterocycles. The second-order valence-electron chi connectivity index (χ2n) is 8.08. The molecule has 5 aromatic rings. The van der Waals surface area contributed by atoms with Crippen LogP contribution in [-0.4, -0.2) is 54.1 Å². The minimum atomic E-state index is -2.97. The van der Waals surface area contributed by atoms with Crippen LogP contribution < -0.4 is 5.32 Å². The summed E-state index contributed by atoms with van der Waals surface area (Å²) < 4.78 is 29.0. The number of pyridine rings is 1. The molecule has 6 rings (SSSR count). The topological polar surface area (TPSA) is 112 Å². The standard InChI is InChI=1S/C21H20N8O2S/c1-27-12-16(10-22-27)23-21-24-20-4-2-3-19(29(20)26-21)14-5-6-18-15(9-14)11-28(25-18)17-7-8-32(30,31)13-17/h2-6,9-12,17H,7-8,13H2,1H3,(H,23,26). The summed E-state index contributed by atoms with van der Waals surface area (Å²) >= 11 is 0. The van der Waals surface area contributed by atoms with Crippen molar-refractivity contribution in [3.05, 3.63) is 55.0 Å². The van der Waals surface area contributed by atoms with Crippen LogP contribution in [0.1, 0.15) is 12.5 Å². The number of benzene rings is 1. The average molecular weight is 449 g/mol. The highest BCUT2D eigenvalue weighted by atomic mass is 32.2. The van der Waals surface area contributed by atoms with Gasteiger partial charge in [-0.25, -0.2) is 12.9 Å². The number of hydrogen-bond acceptors (Lipinski definition) is 7. The molecule has 1 unspecified atom stereocenters. The van der Waals surface area contributed by atoms with Gasteiger partial charge in [0.15, 0.2) is 15.5 Å². The number of aromatic nitrogens is 7. The van der Waals surface area contributed by atoms with Gasteiger partial charge in [-0.2, -0.15) is 15.2 Å². The van der Waals surface area contributed by atoms with E-state index in [2.05, 4.69) is 25.6 Å². The molecular weight excluding hydrogens is 428 g/mol. The zero-order valence-corrected chi connectivity index (χ0v) is 18.1. The van der Waals surface area contributed by atoms with E-state index in [1.165, 1.54) is 0 Å². The number of nitrogens with one attached hydrogen (secondary N) is 1. The molecule has 0 saturated carbocycles. The number of hydrogen-bond donors (Lipinski definition) is 1. The van der Waals surface area contributed by atoms with Crippen molar-refractivity contribution >= 4 is 38.0 Å². The van der Waals surface area contributed by atoms with Crippen molar-refractivity contribution in [3.63, 3.8) is 0 Å². The fraction of sp³-hybridized carbons (Fsp3) is 0.238. The quantitative estimate of drug-likeness (QED) is 0.450. The van der Waals surface area contributed by atoms with Crippen LogP contribution in [0.4, 0.5) is 11.6 Å². The van der Waals surface area contributed by atoms with Gasteiger partial charge in [0.2, 0.25) is 5.95 Å². The molecule has 10 nitrogen and oxygen atoms in total. The predicted molar refractivity (Wildman–Crippen MR) is 121 cm³/mol. The van der Waals surface area contributed by atoms with E-state index in [1.54, 1.807) is 20.1 Å². The second kappa shape index (κ2) is 6.89. The predicted octanol–water partition coefficient (Wildman–Crippen LogP) is 2.58. The lowest BCUT2D eigenvalue weighted by Crippen LogP contribution is -2.11. The maximum Gasteiger partial charge on any atom is 0.247 e. The lowest BCUT2D eigenvalue weighted by molar-refractivity contribution is 0.504. The van der Waals surface area contributed by atoms with Crippen LogP contribution in [0.3, 0.4) is 0 Å². The Hall–Kier alpha value is -3.73. The van der Waals surface area contributed by atoms with Gasteiger partial charge in [0.25, 0.3) is 0 Å². The highest BCUT2D eigenvalue weighted by molar-refractivity contribution is 7.91. The molecule has 1 atom stereocenters. The van der Waals surface area contributed by atoms with Crippen molar-refractivity contribution in [1.82, 2.24) is 34.2 Å². The molecule has 0 aliphatic carbocycles. The number of sulfone groups is 1. The fourth-order valence-electron chi connectivity index (χ4n) is 4.17. The van der Waals surface area contributed by atoms with Crippen molar-refractivity contribution in [2.75, 3.05) is 16.8 Å². The molecule has 0 amide bonds. The first-order valence-corrected chi connectivity index (χ1v) is 12.1. The van der Waals surface area contributed by atoms with E-state index in [1.807, 2.05) is 55.8 Å². The average Bonchev–Trinajstić information content (AvgIpc) is 3.52. The van der Waals surface area contributed by atoms with Gasteiger partial charge in [0, 0.05) is 30.4 Å². The summed E-state index contributed by atoms with van der Waals surface area (Å²) in [6.07, 6.45) is 6.11. The second-order valence-corrected chi connectivity index (χ2v) is 10.3. The van der Waals surface area contributed by atoms with Gasteiger partial charge >= 0.3 is 0 Å². The summed E-state index contributed by atoms with van der Waals surface area (Å²) in [7, 11) is -1.11. The summed E-state index contributed by atoms with van der Waals surface area (Å²) in [4.78, 5) is 4.57. The first-order valence-electron chi connectivity index (χ1n) is 10.2. The van der Waals surface area contributed by atoms with Gasteiger partial charge in [0.1, 0.15) is 0 Å². The van der Waals surface area contributed by atoms with Gasteiger partial charge in [-0.1, -0.05) is 12.1 Å². The van der Waals surface area contributed by atoms with E-state index in [9.17, 15) is 8.42 Å². The zero-order valence-electron chi connectivity index (χ0n) is 17.3. The summed E-state index contributed by atoms with van der Waals surface area (Å²) in [5, 5.41) is 17.5. The largest absolute Gasteiger partial charge is 0.320 e. The Morgan fingerprint density at radius 1 is 1.12 bits per heavy atom. The first-order chi connectivity index (χ1) is 15.4. The summed E-state index contributed by atoms with van der Waals surface area (Å²) in [5.41, 5.74) is 4.24. The molecule has 1 N–H and O–H groups in total. The summed E-state index contributed by atoms with van der Waals surface area (Å²) in [5.74, 6) is 0.864. The lowest BCUT2D eigenvalue weighted by Gasteiger charge is -2.06. The van der Waals surface area contributed by atoms with Crippen LogP contribution in [0.5, 0.6) is 0 Å². The molecular formula is C21H20N8O2S. The molecule has 162 valence electrons. The highest BCUT2D eigenvalue weighted by Crippen LogP contribution is 2.28.